The molecule has 0 fully saturated rings. The van der Waals surface area contributed by atoms with Crippen LogP contribution < -0.4 is 5.32 Å². The second kappa shape index (κ2) is 7.69. The molecule has 1 atom stereocenters. The topological polar surface area (TPSA) is 150 Å². The van der Waals surface area contributed by atoms with Gasteiger partial charge in [0.05, 0.1) is 35.3 Å². The number of benzene rings is 2. The molecule has 3 heterocycles. The highest BCUT2D eigenvalue weighted by molar-refractivity contribution is 6.50. The Bertz CT molecular complexity index is 1500. The molecule has 4 N–H and O–H groups in total. The molecule has 1 unspecified atom stereocenters. The Morgan fingerprint density at radius 3 is 2.48 bits per heavy atom. The van der Waals surface area contributed by atoms with Crippen molar-refractivity contribution >= 4 is 50.5 Å². The average molecular weight is 446 g/mol. The number of aliphatic hydroxyl groups excluding tert-OH is 2. The SMILES string of the molecule is O=C1NC(=O)C(c2cn(CC(O)CO)c3ccc([N+](=O)[O-])cc23)=C1c1c[nH]c2ccccc12. The Hall–Kier alpha value is -4.28. The Balaban J connectivity index is 1.81. The second-order valence-corrected chi connectivity index (χ2v) is 7.77. The molecule has 0 bridgehead atoms. The predicted octanol–water partition coefficient (Wildman–Crippen LogP) is 1.95. The maximum Gasteiger partial charge on any atom is 0.270 e. The molecule has 1 aliphatic rings. The zero-order valence-electron chi connectivity index (χ0n) is 17.1. The van der Waals surface area contributed by atoms with E-state index in [9.17, 15) is 29.9 Å². The number of nitro benzene ring substituents is 1. The number of aliphatic hydroxyl groups is 2. The second-order valence-electron chi connectivity index (χ2n) is 7.77. The quantitative estimate of drug-likeness (QED) is 0.202. The van der Waals surface area contributed by atoms with E-state index >= 15 is 0 Å². The Morgan fingerprint density at radius 1 is 1.03 bits per heavy atom. The van der Waals surface area contributed by atoms with Crippen LogP contribution in [0.3, 0.4) is 0 Å². The highest BCUT2D eigenvalue weighted by atomic mass is 16.6. The van der Waals surface area contributed by atoms with Gasteiger partial charge >= 0.3 is 0 Å². The van der Waals surface area contributed by atoms with Gasteiger partial charge in [0.15, 0.2) is 0 Å². The summed E-state index contributed by atoms with van der Waals surface area (Å²) in [5, 5.41) is 34.1. The van der Waals surface area contributed by atoms with Crippen molar-refractivity contribution in [1.82, 2.24) is 14.9 Å². The molecule has 2 aromatic heterocycles. The largest absolute Gasteiger partial charge is 0.394 e. The Morgan fingerprint density at radius 2 is 1.76 bits per heavy atom. The van der Waals surface area contributed by atoms with E-state index in [2.05, 4.69) is 10.3 Å². The molecule has 10 nitrogen and oxygen atoms in total. The molecule has 5 rings (SSSR count). The molecule has 2 aromatic carbocycles. The Kier molecular flexibility index (Phi) is 4.81. The first-order valence-corrected chi connectivity index (χ1v) is 10.1. The van der Waals surface area contributed by atoms with Crippen LogP contribution in [0, 0.1) is 10.1 Å². The number of carbonyl (C=O) groups excluding carboxylic acids is 2. The van der Waals surface area contributed by atoms with E-state index in [0.29, 0.717) is 22.0 Å². The average Bonchev–Trinajstić information content (AvgIpc) is 3.46. The normalized spacial score (nSPS) is 15.0. The van der Waals surface area contributed by atoms with E-state index in [1.165, 1.54) is 18.2 Å². The first kappa shape index (κ1) is 20.6. The molecule has 0 spiro atoms. The summed E-state index contributed by atoms with van der Waals surface area (Å²) in [6.45, 7) is -0.486. The summed E-state index contributed by atoms with van der Waals surface area (Å²) in [4.78, 5) is 39.8. The van der Waals surface area contributed by atoms with Crippen molar-refractivity contribution in [3.8, 4) is 0 Å². The number of imide groups is 1. The van der Waals surface area contributed by atoms with Crippen LogP contribution in [0.25, 0.3) is 33.0 Å². The number of carbonyl (C=O) groups is 2. The third-order valence-electron chi connectivity index (χ3n) is 5.75. The highest BCUT2D eigenvalue weighted by Gasteiger charge is 2.35. The molecular formula is C23H18N4O6. The van der Waals surface area contributed by atoms with Gasteiger partial charge in [0.25, 0.3) is 17.5 Å². The number of non-ortho nitro benzene ring substituents is 1. The fourth-order valence-corrected chi connectivity index (χ4v) is 4.28. The lowest BCUT2D eigenvalue weighted by Gasteiger charge is -2.09. The van der Waals surface area contributed by atoms with Crippen LogP contribution in [0.4, 0.5) is 5.69 Å². The summed E-state index contributed by atoms with van der Waals surface area (Å²) in [5.74, 6) is -1.19. The van der Waals surface area contributed by atoms with Crippen LogP contribution in [0.5, 0.6) is 0 Å². The van der Waals surface area contributed by atoms with Gasteiger partial charge in [0.2, 0.25) is 0 Å². The van der Waals surface area contributed by atoms with Crippen molar-refractivity contribution < 1.29 is 24.7 Å². The van der Waals surface area contributed by atoms with Gasteiger partial charge in [-0.15, -0.1) is 0 Å². The summed E-state index contributed by atoms with van der Waals surface area (Å²) < 4.78 is 1.60. The predicted molar refractivity (Wildman–Crippen MR) is 120 cm³/mol. The van der Waals surface area contributed by atoms with Crippen molar-refractivity contribution in [3.63, 3.8) is 0 Å². The number of para-hydroxylation sites is 1. The van der Waals surface area contributed by atoms with Gasteiger partial charge in [-0.05, 0) is 12.1 Å². The number of nitrogens with one attached hydrogen (secondary N) is 2. The number of nitro groups is 1. The monoisotopic (exact) mass is 446 g/mol. The van der Waals surface area contributed by atoms with Crippen molar-refractivity contribution in [1.29, 1.82) is 0 Å². The lowest BCUT2D eigenvalue weighted by atomic mass is 9.95. The maximum atomic E-state index is 12.9. The molecule has 1 aliphatic heterocycles. The van der Waals surface area contributed by atoms with Crippen molar-refractivity contribution in [2.45, 2.75) is 12.6 Å². The minimum atomic E-state index is -1.08. The van der Waals surface area contributed by atoms with Gasteiger partial charge in [-0.3, -0.25) is 25.0 Å². The third-order valence-corrected chi connectivity index (χ3v) is 5.75. The first-order chi connectivity index (χ1) is 15.9. The van der Waals surface area contributed by atoms with Crippen LogP contribution in [0.15, 0.2) is 54.9 Å². The highest BCUT2D eigenvalue weighted by Crippen LogP contribution is 2.39. The lowest BCUT2D eigenvalue weighted by molar-refractivity contribution is -0.384. The van der Waals surface area contributed by atoms with Gasteiger partial charge in [-0.2, -0.15) is 0 Å². The fourth-order valence-electron chi connectivity index (χ4n) is 4.28. The van der Waals surface area contributed by atoms with Crippen LogP contribution in [-0.4, -0.2) is 49.2 Å². The van der Waals surface area contributed by atoms with Crippen molar-refractivity contribution in [2.75, 3.05) is 6.61 Å². The minimum absolute atomic E-state index is 0.00389. The number of H-pyrrole nitrogens is 1. The summed E-state index contributed by atoms with van der Waals surface area (Å²) in [7, 11) is 0. The van der Waals surface area contributed by atoms with Crippen LogP contribution in [0.1, 0.15) is 11.1 Å². The zero-order chi connectivity index (χ0) is 23.3. The minimum Gasteiger partial charge on any atom is -0.394 e. The maximum absolute atomic E-state index is 12.9. The molecule has 0 aliphatic carbocycles. The number of hydrogen-bond donors (Lipinski definition) is 4. The molecule has 166 valence electrons. The summed E-state index contributed by atoms with van der Waals surface area (Å²) >= 11 is 0. The van der Waals surface area contributed by atoms with E-state index in [0.717, 1.165) is 10.9 Å². The van der Waals surface area contributed by atoms with Crippen LogP contribution in [-0.2, 0) is 16.1 Å². The molecule has 4 aromatic rings. The number of amides is 2. The number of hydrogen-bond acceptors (Lipinski definition) is 6. The van der Waals surface area contributed by atoms with Gasteiger partial charge < -0.3 is 19.8 Å². The first-order valence-electron chi connectivity index (χ1n) is 10.1. The van der Waals surface area contributed by atoms with Gasteiger partial charge in [0.1, 0.15) is 0 Å². The molecule has 33 heavy (non-hydrogen) atoms. The number of fused-ring (bicyclic) bond motifs is 2. The smallest absolute Gasteiger partial charge is 0.270 e. The molecule has 2 amide bonds. The summed E-state index contributed by atoms with van der Waals surface area (Å²) in [6, 6.07) is 11.5. The summed E-state index contributed by atoms with van der Waals surface area (Å²) in [6.07, 6.45) is 2.13. The summed E-state index contributed by atoms with van der Waals surface area (Å²) in [5.41, 5.74) is 2.23. The lowest BCUT2D eigenvalue weighted by Crippen LogP contribution is -2.22. The third kappa shape index (κ3) is 3.28. The van der Waals surface area contributed by atoms with Crippen LogP contribution >= 0.6 is 0 Å². The van der Waals surface area contributed by atoms with Crippen molar-refractivity contribution in [2.24, 2.45) is 0 Å². The van der Waals surface area contributed by atoms with E-state index < -0.39 is 29.4 Å². The molecule has 0 saturated heterocycles. The van der Waals surface area contributed by atoms with Gasteiger partial charge in [-0.1, -0.05) is 18.2 Å². The standard InChI is InChI=1S/C23H18N4O6/c28-11-13(29)9-26-10-17(15-7-12(27(32)33)5-6-19(15)26)21-20(22(30)25-23(21)31)16-8-24-18-4-2-1-3-14(16)18/h1-8,10,13,24,28-29H,9,11H2,(H,25,30,31). The molecular weight excluding hydrogens is 428 g/mol. The van der Waals surface area contributed by atoms with E-state index in [4.69, 9.17) is 0 Å². The Labute approximate surface area is 185 Å². The van der Waals surface area contributed by atoms with E-state index in [1.807, 2.05) is 24.3 Å². The number of rotatable bonds is 6. The van der Waals surface area contributed by atoms with Crippen molar-refractivity contribution in [3.05, 3.63) is 76.1 Å². The van der Waals surface area contributed by atoms with E-state index in [1.54, 1.807) is 17.0 Å². The number of aromatic nitrogens is 2. The van der Waals surface area contributed by atoms with E-state index in [-0.39, 0.29) is 23.4 Å². The van der Waals surface area contributed by atoms with Gasteiger partial charge in [-0.25, -0.2) is 0 Å². The van der Waals surface area contributed by atoms with Crippen LogP contribution in [0.2, 0.25) is 0 Å². The molecule has 0 radical (unpaired) electrons. The van der Waals surface area contributed by atoms with Gasteiger partial charge in [0, 0.05) is 57.5 Å². The molecule has 10 heteroatoms. The number of aromatic amines is 1. The molecule has 0 saturated carbocycles. The number of nitrogens with zero attached hydrogens (tertiary/aromatic N) is 2. The fraction of sp³-hybridized carbons (Fsp3) is 0.130. The zero-order valence-corrected chi connectivity index (χ0v) is 17.1.